The van der Waals surface area contributed by atoms with Crippen LogP contribution in [0.1, 0.15) is 24.0 Å². The van der Waals surface area contributed by atoms with Crippen LogP contribution in [0.3, 0.4) is 0 Å². The van der Waals surface area contributed by atoms with Gasteiger partial charge in [-0.3, -0.25) is 4.99 Å². The molecule has 2 aromatic heterocycles. The van der Waals surface area contributed by atoms with E-state index in [1.807, 2.05) is 26.0 Å². The second kappa shape index (κ2) is 8.46. The lowest BCUT2D eigenvalue weighted by Crippen LogP contribution is -2.39. The van der Waals surface area contributed by atoms with Gasteiger partial charge < -0.3 is 19.7 Å². The van der Waals surface area contributed by atoms with E-state index in [0.717, 1.165) is 36.8 Å². The number of benzene rings is 1. The van der Waals surface area contributed by atoms with Crippen molar-refractivity contribution in [2.45, 2.75) is 33.2 Å². The van der Waals surface area contributed by atoms with Crippen molar-refractivity contribution in [2.24, 2.45) is 4.99 Å². The van der Waals surface area contributed by atoms with Crippen molar-refractivity contribution in [3.05, 3.63) is 41.8 Å². The van der Waals surface area contributed by atoms with Crippen molar-refractivity contribution >= 4 is 17.0 Å². The molecule has 2 heterocycles. The lowest BCUT2D eigenvalue weighted by Gasteiger charge is -2.12. The van der Waals surface area contributed by atoms with Crippen LogP contribution in [0.15, 0.2) is 33.8 Å². The molecule has 0 spiro atoms. The average Bonchev–Trinajstić information content (AvgIpc) is 3.19. The Morgan fingerprint density at radius 2 is 1.96 bits per heavy atom. The molecule has 2 N–H and O–H groups in total. The Hall–Kier alpha value is -2.90. The van der Waals surface area contributed by atoms with E-state index >= 15 is 0 Å². The van der Waals surface area contributed by atoms with Crippen LogP contribution in [-0.4, -0.2) is 45.8 Å². The second-order valence-corrected chi connectivity index (χ2v) is 6.06. The second-order valence-electron chi connectivity index (χ2n) is 6.06. The van der Waals surface area contributed by atoms with Crippen molar-refractivity contribution in [3.63, 3.8) is 0 Å². The summed E-state index contributed by atoms with van der Waals surface area (Å²) >= 11 is 0. The Balaban J connectivity index is 1.42. The molecule has 0 amide bonds. The predicted octanol–water partition coefficient (Wildman–Crippen LogP) is 1.83. The van der Waals surface area contributed by atoms with Crippen molar-refractivity contribution in [3.8, 4) is 0 Å². The highest BCUT2D eigenvalue weighted by Crippen LogP contribution is 2.15. The molecule has 0 fully saturated rings. The van der Waals surface area contributed by atoms with Crippen molar-refractivity contribution < 1.29 is 4.52 Å². The molecule has 0 aliphatic carbocycles. The maximum absolute atomic E-state index is 5.10. The first-order chi connectivity index (χ1) is 12.7. The molecule has 0 aliphatic rings. The van der Waals surface area contributed by atoms with Gasteiger partial charge in [0, 0.05) is 33.1 Å². The van der Waals surface area contributed by atoms with E-state index in [4.69, 9.17) is 4.52 Å². The Morgan fingerprint density at radius 1 is 1.15 bits per heavy atom. The number of aliphatic imine (C=N–C) groups is 1. The van der Waals surface area contributed by atoms with Gasteiger partial charge in [-0.25, -0.2) is 4.98 Å². The zero-order valence-corrected chi connectivity index (χ0v) is 15.5. The topological polar surface area (TPSA) is 93.2 Å². The summed E-state index contributed by atoms with van der Waals surface area (Å²) in [5.41, 5.74) is 2.23. The minimum atomic E-state index is 0.632. The maximum atomic E-state index is 5.10. The zero-order chi connectivity index (χ0) is 18.4. The van der Waals surface area contributed by atoms with E-state index in [0.29, 0.717) is 24.7 Å². The number of aromatic nitrogens is 4. The van der Waals surface area contributed by atoms with Gasteiger partial charge in [-0.05, 0) is 32.4 Å². The number of nitrogens with zero attached hydrogens (tertiary/aromatic N) is 5. The number of imidazole rings is 1. The summed E-state index contributed by atoms with van der Waals surface area (Å²) in [7, 11) is 1.76. The molecule has 0 saturated heterocycles. The van der Waals surface area contributed by atoms with E-state index in [1.54, 1.807) is 7.05 Å². The molecule has 1 aromatic carbocycles. The van der Waals surface area contributed by atoms with Crippen molar-refractivity contribution in [1.82, 2.24) is 30.3 Å². The van der Waals surface area contributed by atoms with Crippen molar-refractivity contribution in [2.75, 3.05) is 20.1 Å². The summed E-state index contributed by atoms with van der Waals surface area (Å²) in [5.74, 6) is 3.11. The molecular weight excluding hydrogens is 330 g/mol. The van der Waals surface area contributed by atoms with Crippen LogP contribution < -0.4 is 10.6 Å². The SMILES string of the molecule is CN=C(NCCCn1c(C)nc2ccccc21)NCCc1nc(C)no1. The quantitative estimate of drug-likeness (QED) is 0.382. The molecule has 26 heavy (non-hydrogen) atoms. The third-order valence-corrected chi connectivity index (χ3v) is 4.12. The fourth-order valence-corrected chi connectivity index (χ4v) is 2.87. The number of aryl methyl sites for hydroxylation is 3. The number of hydrogen-bond acceptors (Lipinski definition) is 5. The lowest BCUT2D eigenvalue weighted by atomic mass is 10.3. The fourth-order valence-electron chi connectivity index (χ4n) is 2.87. The van der Waals surface area contributed by atoms with E-state index < -0.39 is 0 Å². The van der Waals surface area contributed by atoms with E-state index in [-0.39, 0.29) is 0 Å². The number of hydrogen-bond donors (Lipinski definition) is 2. The molecule has 0 radical (unpaired) electrons. The number of rotatable bonds is 7. The van der Waals surface area contributed by atoms with Gasteiger partial charge in [0.05, 0.1) is 11.0 Å². The zero-order valence-electron chi connectivity index (χ0n) is 15.5. The minimum absolute atomic E-state index is 0.632. The summed E-state index contributed by atoms with van der Waals surface area (Å²) in [4.78, 5) is 13.0. The average molecular weight is 355 g/mol. The first-order valence-electron chi connectivity index (χ1n) is 8.83. The van der Waals surface area contributed by atoms with Crippen molar-refractivity contribution in [1.29, 1.82) is 0 Å². The Morgan fingerprint density at radius 3 is 2.73 bits per heavy atom. The monoisotopic (exact) mass is 355 g/mol. The van der Waals surface area contributed by atoms with Gasteiger partial charge >= 0.3 is 0 Å². The maximum Gasteiger partial charge on any atom is 0.228 e. The molecular formula is C18H25N7O. The van der Waals surface area contributed by atoms with Gasteiger partial charge in [0.15, 0.2) is 11.8 Å². The summed E-state index contributed by atoms with van der Waals surface area (Å²) in [6.45, 7) is 6.29. The van der Waals surface area contributed by atoms with Crippen LogP contribution in [0, 0.1) is 13.8 Å². The summed E-state index contributed by atoms with van der Waals surface area (Å²) < 4.78 is 7.35. The van der Waals surface area contributed by atoms with Crippen LogP contribution >= 0.6 is 0 Å². The summed E-state index contributed by atoms with van der Waals surface area (Å²) in [6, 6.07) is 8.23. The molecule has 138 valence electrons. The molecule has 0 atom stereocenters. The smallest absolute Gasteiger partial charge is 0.228 e. The largest absolute Gasteiger partial charge is 0.356 e. The van der Waals surface area contributed by atoms with Gasteiger partial charge in [-0.2, -0.15) is 4.98 Å². The number of fused-ring (bicyclic) bond motifs is 1. The van der Waals surface area contributed by atoms with Gasteiger partial charge in [0.1, 0.15) is 5.82 Å². The Kier molecular flexibility index (Phi) is 5.83. The highest BCUT2D eigenvalue weighted by atomic mass is 16.5. The summed E-state index contributed by atoms with van der Waals surface area (Å²) in [5, 5.41) is 10.4. The van der Waals surface area contributed by atoms with Gasteiger partial charge in [0.2, 0.25) is 5.89 Å². The van der Waals surface area contributed by atoms with Gasteiger partial charge in [-0.15, -0.1) is 0 Å². The standard InChI is InChI=1S/C18H25N7O/c1-13-22-17(26-24-13)9-11-21-18(19-3)20-10-6-12-25-14(2)23-15-7-4-5-8-16(15)25/h4-5,7-8H,6,9-12H2,1-3H3,(H2,19,20,21). The third-order valence-electron chi connectivity index (χ3n) is 4.12. The number of para-hydroxylation sites is 2. The lowest BCUT2D eigenvalue weighted by molar-refractivity contribution is 0.374. The molecule has 0 bridgehead atoms. The predicted molar refractivity (Wildman–Crippen MR) is 101 cm³/mol. The van der Waals surface area contributed by atoms with Gasteiger partial charge in [0.25, 0.3) is 0 Å². The van der Waals surface area contributed by atoms with Gasteiger partial charge in [-0.1, -0.05) is 17.3 Å². The molecule has 0 saturated carbocycles. The van der Waals surface area contributed by atoms with Crippen LogP contribution in [0.4, 0.5) is 0 Å². The van der Waals surface area contributed by atoms with Crippen LogP contribution in [-0.2, 0) is 13.0 Å². The van der Waals surface area contributed by atoms with Crippen LogP contribution in [0.2, 0.25) is 0 Å². The molecule has 3 aromatic rings. The van der Waals surface area contributed by atoms with E-state index in [1.165, 1.54) is 5.52 Å². The first-order valence-corrected chi connectivity index (χ1v) is 8.83. The molecule has 8 nitrogen and oxygen atoms in total. The van der Waals surface area contributed by atoms with E-state index in [2.05, 4.69) is 47.5 Å². The van der Waals surface area contributed by atoms with Crippen LogP contribution in [0.25, 0.3) is 11.0 Å². The van der Waals surface area contributed by atoms with E-state index in [9.17, 15) is 0 Å². The Labute approximate surface area is 152 Å². The number of guanidine groups is 1. The summed E-state index contributed by atoms with van der Waals surface area (Å²) in [6.07, 6.45) is 1.65. The normalized spacial score (nSPS) is 11.9. The first kappa shape index (κ1) is 17.9. The molecule has 0 aliphatic heterocycles. The Bertz CT molecular complexity index is 881. The highest BCUT2D eigenvalue weighted by molar-refractivity contribution is 5.79. The fraction of sp³-hybridized carbons (Fsp3) is 0.444. The number of nitrogens with one attached hydrogen (secondary N) is 2. The molecule has 8 heteroatoms. The highest BCUT2D eigenvalue weighted by Gasteiger charge is 2.06. The van der Waals surface area contributed by atoms with Crippen LogP contribution in [0.5, 0.6) is 0 Å². The third kappa shape index (κ3) is 4.38. The molecule has 0 unspecified atom stereocenters. The molecule has 3 rings (SSSR count). The minimum Gasteiger partial charge on any atom is -0.356 e.